The van der Waals surface area contributed by atoms with Gasteiger partial charge in [0.15, 0.2) is 0 Å². The Bertz CT molecular complexity index is 649. The van der Waals surface area contributed by atoms with E-state index in [1.165, 1.54) is 12.1 Å². The molecule has 0 bridgehead atoms. The molecule has 1 aromatic rings. The van der Waals surface area contributed by atoms with E-state index in [4.69, 9.17) is 15.9 Å². The van der Waals surface area contributed by atoms with Crippen LogP contribution in [0.2, 0.25) is 0 Å². The maximum atomic E-state index is 12.4. The van der Waals surface area contributed by atoms with Crippen molar-refractivity contribution in [3.63, 3.8) is 0 Å². The van der Waals surface area contributed by atoms with Gasteiger partial charge in [-0.05, 0) is 30.0 Å². The third-order valence-electron chi connectivity index (χ3n) is 4.32. The second-order valence-corrected chi connectivity index (χ2v) is 6.43. The Morgan fingerprint density at radius 3 is 2.19 bits per heavy atom. The van der Waals surface area contributed by atoms with Gasteiger partial charge in [0, 0.05) is 0 Å². The third-order valence-corrected chi connectivity index (χ3v) is 4.32. The molecule has 0 fully saturated rings. The number of carboxylic acid groups (broad SMARTS) is 1. The second-order valence-electron chi connectivity index (χ2n) is 6.43. The number of aliphatic hydroxyl groups excluding tert-OH is 1. The Morgan fingerprint density at radius 1 is 1.11 bits per heavy atom. The van der Waals surface area contributed by atoms with E-state index in [-0.39, 0.29) is 18.1 Å². The molecule has 150 valence electrons. The molecule has 9 heteroatoms. The van der Waals surface area contributed by atoms with E-state index >= 15 is 0 Å². The number of benzene rings is 1. The molecule has 0 aliphatic heterocycles. The highest BCUT2D eigenvalue weighted by molar-refractivity contribution is 5.92. The summed E-state index contributed by atoms with van der Waals surface area (Å²) in [6.07, 6.45) is 0.762. The van der Waals surface area contributed by atoms with Crippen LogP contribution in [0.25, 0.3) is 0 Å². The molecule has 0 aromatic heterocycles. The second kappa shape index (κ2) is 10.5. The third kappa shape index (κ3) is 6.87. The maximum absolute atomic E-state index is 12.4. The van der Waals surface area contributed by atoms with Crippen LogP contribution in [-0.4, -0.2) is 57.8 Å². The fraction of sp³-hybridized carbons (Fsp3) is 0.500. The van der Waals surface area contributed by atoms with Crippen molar-refractivity contribution >= 4 is 17.8 Å². The summed E-state index contributed by atoms with van der Waals surface area (Å²) in [5.74, 6) is -2.80. The van der Waals surface area contributed by atoms with Crippen LogP contribution in [0, 0.1) is 5.92 Å². The first-order chi connectivity index (χ1) is 12.7. The highest BCUT2D eigenvalue weighted by Crippen LogP contribution is 2.12. The number of carbonyl (C=O) groups is 3. The average Bonchev–Trinajstić information content (AvgIpc) is 2.64. The average molecular weight is 381 g/mol. The number of carbonyl (C=O) groups excluding carboxylic acids is 2. The normalized spacial score (nSPS) is 15.3. The highest BCUT2D eigenvalue weighted by atomic mass is 16.4. The molecule has 0 saturated carbocycles. The summed E-state index contributed by atoms with van der Waals surface area (Å²) >= 11 is 0. The van der Waals surface area contributed by atoms with E-state index in [2.05, 4.69) is 10.6 Å². The van der Waals surface area contributed by atoms with E-state index in [0.717, 1.165) is 5.56 Å². The van der Waals surface area contributed by atoms with Crippen molar-refractivity contribution in [2.75, 3.05) is 6.61 Å². The Labute approximate surface area is 157 Å². The van der Waals surface area contributed by atoms with Crippen molar-refractivity contribution in [2.24, 2.45) is 11.7 Å². The number of rotatable bonds is 10. The molecule has 0 aliphatic carbocycles. The first-order valence-electron chi connectivity index (χ1n) is 8.67. The highest BCUT2D eigenvalue weighted by Gasteiger charge is 2.30. The smallest absolute Gasteiger partial charge is 0.328 e. The fourth-order valence-electron chi connectivity index (χ4n) is 2.39. The van der Waals surface area contributed by atoms with Gasteiger partial charge in [-0.2, -0.15) is 0 Å². The topological polar surface area (TPSA) is 162 Å². The number of aliphatic carboxylic acids is 1. The van der Waals surface area contributed by atoms with Gasteiger partial charge in [-0.15, -0.1) is 0 Å². The van der Waals surface area contributed by atoms with Gasteiger partial charge in [0.1, 0.15) is 17.8 Å². The standard InChI is InChI=1S/C18H27N3O6/c1-3-10(2)15(17(25)20-14(9-22)18(26)27)21-16(24)13(19)8-11-4-6-12(23)7-5-11/h4-7,10,13-15,22-23H,3,8-9,19H2,1-2H3,(H,20,25)(H,21,24)(H,26,27)/t10-,13-,14-,15-/m0/s1. The van der Waals surface area contributed by atoms with Gasteiger partial charge in [-0.1, -0.05) is 32.4 Å². The molecule has 4 atom stereocenters. The molecule has 9 nitrogen and oxygen atoms in total. The number of nitrogens with one attached hydrogen (secondary N) is 2. The van der Waals surface area contributed by atoms with E-state index in [0.29, 0.717) is 6.42 Å². The zero-order valence-corrected chi connectivity index (χ0v) is 15.4. The SMILES string of the molecule is CC[C@H](C)[C@H](NC(=O)[C@@H](N)Cc1ccc(O)cc1)C(=O)N[C@@H](CO)C(=O)O. The first kappa shape index (κ1) is 22.4. The maximum Gasteiger partial charge on any atom is 0.328 e. The molecule has 1 rings (SSSR count). The minimum atomic E-state index is -1.45. The molecule has 27 heavy (non-hydrogen) atoms. The van der Waals surface area contributed by atoms with Crippen LogP contribution < -0.4 is 16.4 Å². The Kier molecular flexibility index (Phi) is 8.70. The van der Waals surface area contributed by atoms with Gasteiger partial charge in [0.05, 0.1) is 12.6 Å². The number of phenols is 1. The summed E-state index contributed by atoms with van der Waals surface area (Å²) in [4.78, 5) is 35.8. The van der Waals surface area contributed by atoms with Gasteiger partial charge in [0.2, 0.25) is 11.8 Å². The van der Waals surface area contributed by atoms with Crippen LogP contribution in [0.15, 0.2) is 24.3 Å². The summed E-state index contributed by atoms with van der Waals surface area (Å²) in [5, 5.41) is 32.1. The minimum Gasteiger partial charge on any atom is -0.508 e. The van der Waals surface area contributed by atoms with E-state index in [1.54, 1.807) is 19.1 Å². The lowest BCUT2D eigenvalue weighted by molar-refractivity contribution is -0.143. The van der Waals surface area contributed by atoms with Gasteiger partial charge in [0.25, 0.3) is 0 Å². The molecule has 2 amide bonds. The van der Waals surface area contributed by atoms with Crippen molar-refractivity contribution in [1.82, 2.24) is 10.6 Å². The number of aliphatic hydroxyl groups is 1. The van der Waals surface area contributed by atoms with Crippen molar-refractivity contribution < 1.29 is 29.7 Å². The quantitative estimate of drug-likeness (QED) is 0.314. The van der Waals surface area contributed by atoms with Crippen LogP contribution in [0.1, 0.15) is 25.8 Å². The summed E-state index contributed by atoms with van der Waals surface area (Å²) in [5.41, 5.74) is 6.65. The zero-order valence-electron chi connectivity index (χ0n) is 15.4. The lowest BCUT2D eigenvalue weighted by atomic mass is 9.97. The van der Waals surface area contributed by atoms with Gasteiger partial charge < -0.3 is 31.7 Å². The minimum absolute atomic E-state index is 0.0992. The van der Waals surface area contributed by atoms with Crippen molar-refractivity contribution in [3.8, 4) is 5.75 Å². The van der Waals surface area contributed by atoms with Gasteiger partial charge in [-0.3, -0.25) is 9.59 Å². The van der Waals surface area contributed by atoms with Crippen molar-refractivity contribution in [2.45, 2.75) is 44.8 Å². The molecule has 0 radical (unpaired) electrons. The summed E-state index contributed by atoms with van der Waals surface area (Å²) in [7, 11) is 0. The predicted octanol–water partition coefficient (Wildman–Crippen LogP) is -0.645. The number of phenolic OH excluding ortho intramolecular Hbond substituents is 1. The summed E-state index contributed by atoms with van der Waals surface area (Å²) < 4.78 is 0. The summed E-state index contributed by atoms with van der Waals surface area (Å²) in [6, 6.07) is 2.88. The number of aromatic hydroxyl groups is 1. The zero-order chi connectivity index (χ0) is 20.6. The number of carboxylic acids is 1. The van der Waals surface area contributed by atoms with Gasteiger partial charge in [-0.25, -0.2) is 4.79 Å². The van der Waals surface area contributed by atoms with Crippen LogP contribution in [0.5, 0.6) is 5.75 Å². The Morgan fingerprint density at radius 2 is 1.70 bits per heavy atom. The molecule has 0 unspecified atom stereocenters. The predicted molar refractivity (Wildman–Crippen MR) is 97.8 cm³/mol. The molecule has 7 N–H and O–H groups in total. The lowest BCUT2D eigenvalue weighted by Gasteiger charge is -2.26. The number of hydrogen-bond acceptors (Lipinski definition) is 6. The number of amides is 2. The monoisotopic (exact) mass is 381 g/mol. The van der Waals surface area contributed by atoms with Gasteiger partial charge >= 0.3 is 5.97 Å². The van der Waals surface area contributed by atoms with E-state index < -0.39 is 42.5 Å². The van der Waals surface area contributed by atoms with Crippen molar-refractivity contribution in [3.05, 3.63) is 29.8 Å². The molecular weight excluding hydrogens is 354 g/mol. The molecule has 0 spiro atoms. The Balaban J connectivity index is 2.79. The van der Waals surface area contributed by atoms with E-state index in [1.807, 2.05) is 6.92 Å². The molecular formula is C18H27N3O6. The van der Waals surface area contributed by atoms with Crippen LogP contribution >= 0.6 is 0 Å². The van der Waals surface area contributed by atoms with Crippen molar-refractivity contribution in [1.29, 1.82) is 0 Å². The lowest BCUT2D eigenvalue weighted by Crippen LogP contribution is -2.57. The Hall–Kier alpha value is -2.65. The first-order valence-corrected chi connectivity index (χ1v) is 8.67. The largest absolute Gasteiger partial charge is 0.508 e. The molecule has 0 aliphatic rings. The molecule has 0 saturated heterocycles. The number of nitrogens with two attached hydrogens (primary N) is 1. The van der Waals surface area contributed by atoms with E-state index in [9.17, 15) is 19.5 Å². The summed E-state index contributed by atoms with van der Waals surface area (Å²) in [6.45, 7) is 2.81. The molecule has 1 aromatic carbocycles. The fourth-order valence-corrected chi connectivity index (χ4v) is 2.39. The molecule has 0 heterocycles. The van der Waals surface area contributed by atoms with Crippen LogP contribution in [0.3, 0.4) is 0 Å². The number of hydrogen-bond donors (Lipinski definition) is 6. The van der Waals surface area contributed by atoms with Crippen LogP contribution in [-0.2, 0) is 20.8 Å². The van der Waals surface area contributed by atoms with Crippen LogP contribution in [0.4, 0.5) is 0 Å².